The zero-order valence-corrected chi connectivity index (χ0v) is 9.17. The third kappa shape index (κ3) is 1.20. The molecule has 0 amide bonds. The van der Waals surface area contributed by atoms with E-state index in [4.69, 9.17) is 4.74 Å². The summed E-state index contributed by atoms with van der Waals surface area (Å²) < 4.78 is 5.26. The molecule has 2 unspecified atom stereocenters. The van der Waals surface area contributed by atoms with Crippen LogP contribution in [0.1, 0.15) is 33.6 Å². The fraction of sp³-hybridized carbons (Fsp3) is 0.750. The third-order valence-corrected chi connectivity index (χ3v) is 4.00. The van der Waals surface area contributed by atoms with E-state index in [1.165, 1.54) is 13.3 Å². The van der Waals surface area contributed by atoms with Gasteiger partial charge in [-0.25, -0.2) is 0 Å². The molecule has 0 aromatic rings. The zero-order valence-electron chi connectivity index (χ0n) is 9.17. The van der Waals surface area contributed by atoms with E-state index in [0.717, 1.165) is 12.0 Å². The third-order valence-electron chi connectivity index (χ3n) is 4.00. The van der Waals surface area contributed by atoms with Gasteiger partial charge in [0.05, 0.1) is 0 Å². The van der Waals surface area contributed by atoms with Crippen molar-refractivity contribution in [3.63, 3.8) is 0 Å². The van der Waals surface area contributed by atoms with Crippen molar-refractivity contribution in [3.8, 4) is 0 Å². The lowest BCUT2D eigenvalue weighted by Gasteiger charge is -2.19. The molecule has 0 N–H and O–H groups in total. The van der Waals surface area contributed by atoms with Gasteiger partial charge in [0.1, 0.15) is 6.10 Å². The molecule has 0 aromatic heterocycles. The van der Waals surface area contributed by atoms with Crippen molar-refractivity contribution in [2.75, 3.05) is 0 Å². The fourth-order valence-electron chi connectivity index (χ4n) is 2.94. The number of ether oxygens (including phenoxy) is 1. The van der Waals surface area contributed by atoms with E-state index in [1.54, 1.807) is 0 Å². The highest BCUT2D eigenvalue weighted by molar-refractivity contribution is 5.66. The Balaban J connectivity index is 2.07. The van der Waals surface area contributed by atoms with Gasteiger partial charge in [-0.1, -0.05) is 20.4 Å². The van der Waals surface area contributed by atoms with Crippen LogP contribution in [-0.2, 0) is 9.53 Å². The summed E-state index contributed by atoms with van der Waals surface area (Å²) in [4.78, 5) is 10.9. The molecule has 0 aliphatic heterocycles. The van der Waals surface area contributed by atoms with Crippen LogP contribution in [0.2, 0.25) is 0 Å². The molecule has 2 aliphatic rings. The predicted octanol–water partition coefficient (Wildman–Crippen LogP) is 2.54. The average Bonchev–Trinajstić information content (AvgIpc) is 2.71. The summed E-state index contributed by atoms with van der Waals surface area (Å²) >= 11 is 0. The molecule has 2 aliphatic carbocycles. The number of rotatable bonds is 2. The van der Waals surface area contributed by atoms with E-state index >= 15 is 0 Å². The molecule has 0 spiro atoms. The van der Waals surface area contributed by atoms with Crippen LogP contribution < -0.4 is 0 Å². The number of carbonyl (C=O) groups is 1. The first-order valence-corrected chi connectivity index (χ1v) is 5.33. The molecule has 2 nitrogen and oxygen atoms in total. The molecule has 3 atom stereocenters. The minimum atomic E-state index is -0.184. The Bertz CT molecular complexity index is 293. The predicted molar refractivity (Wildman–Crippen MR) is 54.7 cm³/mol. The molecular weight excluding hydrogens is 176 g/mol. The summed E-state index contributed by atoms with van der Waals surface area (Å²) in [7, 11) is 0. The lowest BCUT2D eigenvalue weighted by Crippen LogP contribution is -2.19. The minimum Gasteiger partial charge on any atom is -0.458 e. The largest absolute Gasteiger partial charge is 0.458 e. The van der Waals surface area contributed by atoms with Crippen molar-refractivity contribution in [1.29, 1.82) is 0 Å². The first-order valence-electron chi connectivity index (χ1n) is 5.33. The van der Waals surface area contributed by atoms with Gasteiger partial charge in [-0.15, -0.1) is 0 Å². The standard InChI is InChI=1S/C12H18O2/c1-7(2)12-5-10(12)8(3)11(6-12)14-9(4)13/h7,10-11H,3,5-6H2,1-2,4H3/t10?,11-,12?/m1/s1. The zero-order chi connectivity index (χ0) is 10.5. The van der Waals surface area contributed by atoms with E-state index in [9.17, 15) is 4.79 Å². The first-order chi connectivity index (χ1) is 6.47. The molecule has 0 radical (unpaired) electrons. The highest BCUT2D eigenvalue weighted by Gasteiger charge is 2.64. The van der Waals surface area contributed by atoms with Crippen LogP contribution in [0.15, 0.2) is 12.2 Å². The van der Waals surface area contributed by atoms with E-state index in [0.29, 0.717) is 17.3 Å². The maximum absolute atomic E-state index is 10.9. The number of hydrogen-bond acceptors (Lipinski definition) is 2. The van der Waals surface area contributed by atoms with Gasteiger partial charge < -0.3 is 4.74 Å². The van der Waals surface area contributed by atoms with E-state index < -0.39 is 0 Å². The van der Waals surface area contributed by atoms with Crippen molar-refractivity contribution < 1.29 is 9.53 Å². The van der Waals surface area contributed by atoms with E-state index in [2.05, 4.69) is 20.4 Å². The Labute approximate surface area is 85.3 Å². The summed E-state index contributed by atoms with van der Waals surface area (Å²) in [6.07, 6.45) is 2.24. The first kappa shape index (κ1) is 9.75. The SMILES string of the molecule is C=C1C2CC2(C(C)C)C[C@H]1OC(C)=O. The lowest BCUT2D eigenvalue weighted by atomic mass is 9.89. The van der Waals surface area contributed by atoms with Crippen LogP contribution in [0.4, 0.5) is 0 Å². The molecular formula is C12H18O2. The van der Waals surface area contributed by atoms with Gasteiger partial charge in [-0.05, 0) is 35.7 Å². The highest BCUT2D eigenvalue weighted by Crippen LogP contribution is 2.69. The highest BCUT2D eigenvalue weighted by atomic mass is 16.5. The van der Waals surface area contributed by atoms with Crippen LogP contribution in [-0.4, -0.2) is 12.1 Å². The Morgan fingerprint density at radius 1 is 1.57 bits per heavy atom. The Morgan fingerprint density at radius 3 is 2.64 bits per heavy atom. The van der Waals surface area contributed by atoms with Crippen LogP contribution in [0.5, 0.6) is 0 Å². The molecule has 0 saturated heterocycles. The Hall–Kier alpha value is -0.790. The fourth-order valence-corrected chi connectivity index (χ4v) is 2.94. The van der Waals surface area contributed by atoms with Crippen molar-refractivity contribution in [1.82, 2.24) is 0 Å². The monoisotopic (exact) mass is 194 g/mol. The maximum Gasteiger partial charge on any atom is 0.303 e. The number of fused-ring (bicyclic) bond motifs is 1. The smallest absolute Gasteiger partial charge is 0.303 e. The second kappa shape index (κ2) is 2.85. The molecule has 14 heavy (non-hydrogen) atoms. The van der Waals surface area contributed by atoms with Crippen LogP contribution in [0.3, 0.4) is 0 Å². The summed E-state index contributed by atoms with van der Waals surface area (Å²) in [6.45, 7) is 10.0. The van der Waals surface area contributed by atoms with E-state index in [-0.39, 0.29) is 12.1 Å². The lowest BCUT2D eigenvalue weighted by molar-refractivity contribution is -0.144. The number of esters is 1. The summed E-state index contributed by atoms with van der Waals surface area (Å²) in [5.74, 6) is 1.10. The topological polar surface area (TPSA) is 26.3 Å². The second-order valence-electron chi connectivity index (χ2n) is 5.02. The molecule has 0 heterocycles. The summed E-state index contributed by atoms with van der Waals surface area (Å²) in [6, 6.07) is 0. The molecule has 2 fully saturated rings. The van der Waals surface area contributed by atoms with Crippen molar-refractivity contribution in [2.45, 2.75) is 39.7 Å². The molecule has 0 bridgehead atoms. The van der Waals surface area contributed by atoms with Gasteiger partial charge in [0.15, 0.2) is 0 Å². The summed E-state index contributed by atoms with van der Waals surface area (Å²) in [5.41, 5.74) is 1.56. The van der Waals surface area contributed by atoms with Crippen LogP contribution >= 0.6 is 0 Å². The Kier molecular flexibility index (Phi) is 1.98. The maximum atomic E-state index is 10.9. The minimum absolute atomic E-state index is 0.00588. The van der Waals surface area contributed by atoms with Gasteiger partial charge in [0.2, 0.25) is 0 Å². The quantitative estimate of drug-likeness (QED) is 0.499. The van der Waals surface area contributed by atoms with Crippen LogP contribution in [0.25, 0.3) is 0 Å². The van der Waals surface area contributed by atoms with Crippen molar-refractivity contribution in [3.05, 3.63) is 12.2 Å². The number of hydrogen-bond donors (Lipinski definition) is 0. The molecule has 78 valence electrons. The average molecular weight is 194 g/mol. The molecule has 0 aromatic carbocycles. The van der Waals surface area contributed by atoms with E-state index in [1.807, 2.05) is 0 Å². The van der Waals surface area contributed by atoms with Gasteiger partial charge >= 0.3 is 5.97 Å². The molecule has 2 heteroatoms. The summed E-state index contributed by atoms with van der Waals surface area (Å²) in [5, 5.41) is 0. The number of carbonyl (C=O) groups excluding carboxylic acids is 1. The van der Waals surface area contributed by atoms with Crippen molar-refractivity contribution >= 4 is 5.97 Å². The molecule has 2 rings (SSSR count). The van der Waals surface area contributed by atoms with Crippen LogP contribution in [0, 0.1) is 17.3 Å². The van der Waals surface area contributed by atoms with Gasteiger partial charge in [-0.2, -0.15) is 0 Å². The van der Waals surface area contributed by atoms with Gasteiger partial charge in [-0.3, -0.25) is 4.79 Å². The van der Waals surface area contributed by atoms with Crippen molar-refractivity contribution in [2.24, 2.45) is 17.3 Å². The molecule has 2 saturated carbocycles. The normalized spacial score (nSPS) is 39.9. The Morgan fingerprint density at radius 2 is 2.21 bits per heavy atom. The second-order valence-corrected chi connectivity index (χ2v) is 5.02. The van der Waals surface area contributed by atoms with Gasteiger partial charge in [0, 0.05) is 6.92 Å². The van der Waals surface area contributed by atoms with Gasteiger partial charge in [0.25, 0.3) is 0 Å².